The quantitative estimate of drug-likeness (QED) is 0.190. The molecule has 5 aromatic rings. The monoisotopic (exact) mass is 580 g/mol. The highest BCUT2D eigenvalue weighted by Crippen LogP contribution is 2.66. The van der Waals surface area contributed by atoms with Gasteiger partial charge in [-0.2, -0.15) is 0 Å². The highest BCUT2D eigenvalue weighted by atomic mass is 19.3. The van der Waals surface area contributed by atoms with Gasteiger partial charge in [-0.15, -0.1) is 0 Å². The van der Waals surface area contributed by atoms with E-state index < -0.39 is 22.2 Å². The maximum atomic E-state index is 16.8. The van der Waals surface area contributed by atoms with Gasteiger partial charge in [0.25, 0.3) is 5.92 Å². The zero-order chi connectivity index (χ0) is 31.5. The van der Waals surface area contributed by atoms with E-state index in [0.717, 1.165) is 66.6 Å². The van der Waals surface area contributed by atoms with Gasteiger partial charge < -0.3 is 4.42 Å². The zero-order valence-electron chi connectivity index (χ0n) is 27.5. The first kappa shape index (κ1) is 29.5. The van der Waals surface area contributed by atoms with Crippen molar-refractivity contribution < 1.29 is 17.8 Å². The number of aryl methyl sites for hydroxylation is 2. The van der Waals surface area contributed by atoms with E-state index in [1.807, 2.05) is 51.4 Å². The summed E-state index contributed by atoms with van der Waals surface area (Å²) in [6.45, 7) is 19.6. The van der Waals surface area contributed by atoms with Crippen LogP contribution in [0.3, 0.4) is 0 Å². The van der Waals surface area contributed by atoms with Crippen molar-refractivity contribution in [1.29, 1.82) is 0 Å². The van der Waals surface area contributed by atoms with Crippen molar-refractivity contribution >= 4 is 21.9 Å². The lowest BCUT2D eigenvalue weighted by Gasteiger charge is -2.59. The number of alkyl halides is 2. The average Bonchev–Trinajstić information content (AvgIpc) is 3.30. The van der Waals surface area contributed by atoms with E-state index in [1.165, 1.54) is 0 Å². The van der Waals surface area contributed by atoms with Gasteiger partial charge in [0.2, 0.25) is 5.69 Å². The molecule has 4 heteroatoms. The van der Waals surface area contributed by atoms with Crippen LogP contribution in [0.1, 0.15) is 84.6 Å². The molecule has 0 saturated carbocycles. The number of hydrogen-bond acceptors (Lipinski definition) is 1. The van der Waals surface area contributed by atoms with Crippen LogP contribution in [-0.4, -0.2) is 5.92 Å². The molecule has 0 amide bonds. The molecule has 0 fully saturated rings. The van der Waals surface area contributed by atoms with E-state index in [1.54, 1.807) is 27.7 Å². The molecule has 0 bridgehead atoms. The summed E-state index contributed by atoms with van der Waals surface area (Å²) < 4.78 is 42.6. The van der Waals surface area contributed by atoms with Crippen LogP contribution in [0.25, 0.3) is 44.3 Å². The third-order valence-electron chi connectivity index (χ3n) is 10.9. The second kappa shape index (κ2) is 9.00. The smallest absolute Gasteiger partial charge is 0.262 e. The fraction of sp³-hybridized carbons (Fsp3) is 0.410. The number of rotatable bonds is 2. The van der Waals surface area contributed by atoms with Crippen molar-refractivity contribution in [2.24, 2.45) is 12.5 Å². The van der Waals surface area contributed by atoms with E-state index in [2.05, 4.69) is 68.7 Å². The summed E-state index contributed by atoms with van der Waals surface area (Å²) in [4.78, 5) is 0. The Balaban J connectivity index is 1.76. The Kier molecular flexibility index (Phi) is 6.18. The molecule has 0 saturated heterocycles. The van der Waals surface area contributed by atoms with Gasteiger partial charge in [-0.1, -0.05) is 90.9 Å². The van der Waals surface area contributed by atoms with Gasteiger partial charge in [0.05, 0.1) is 11.0 Å². The lowest BCUT2D eigenvalue weighted by molar-refractivity contribution is -0.660. The number of benzene rings is 3. The molecule has 0 spiro atoms. The van der Waals surface area contributed by atoms with Crippen molar-refractivity contribution in [1.82, 2.24) is 0 Å². The Hall–Kier alpha value is -3.53. The predicted octanol–water partition coefficient (Wildman–Crippen LogP) is 10.6. The first-order chi connectivity index (χ1) is 19.9. The van der Waals surface area contributed by atoms with Gasteiger partial charge in [0.1, 0.15) is 18.2 Å². The fourth-order valence-electron chi connectivity index (χ4n) is 7.67. The van der Waals surface area contributed by atoms with Gasteiger partial charge in [-0.3, -0.25) is 0 Å². The van der Waals surface area contributed by atoms with Crippen LogP contribution in [-0.2, 0) is 23.3 Å². The molecule has 0 atom stereocenters. The van der Waals surface area contributed by atoms with Crippen molar-refractivity contribution in [3.8, 4) is 22.4 Å². The third-order valence-corrected chi connectivity index (χ3v) is 10.9. The molecule has 3 aromatic carbocycles. The molecule has 1 aliphatic rings. The Labute approximate surface area is 254 Å². The molecular formula is C39H44F2NO+. The second-order valence-corrected chi connectivity index (χ2v) is 15.2. The number of nitrogens with zero attached hydrogens (tertiary/aromatic N) is 1. The lowest BCUT2D eigenvalue weighted by atomic mass is 9.47. The lowest BCUT2D eigenvalue weighted by Crippen LogP contribution is -2.63. The van der Waals surface area contributed by atoms with Crippen LogP contribution in [0, 0.1) is 12.3 Å². The molecular weight excluding hydrogens is 536 g/mol. The highest BCUT2D eigenvalue weighted by molar-refractivity contribution is 6.13. The summed E-state index contributed by atoms with van der Waals surface area (Å²) >= 11 is 0. The van der Waals surface area contributed by atoms with E-state index in [4.69, 9.17) is 4.42 Å². The van der Waals surface area contributed by atoms with Crippen LogP contribution < -0.4 is 4.57 Å². The van der Waals surface area contributed by atoms with Crippen molar-refractivity contribution in [2.75, 3.05) is 0 Å². The molecule has 0 N–H and O–H groups in total. The number of furan rings is 1. The minimum absolute atomic E-state index is 0.221. The molecule has 0 unspecified atom stereocenters. The second-order valence-electron chi connectivity index (χ2n) is 15.2. The van der Waals surface area contributed by atoms with E-state index in [-0.39, 0.29) is 5.41 Å². The number of halogens is 2. The Bertz CT molecular complexity index is 1930. The molecule has 0 radical (unpaired) electrons. The van der Waals surface area contributed by atoms with Crippen LogP contribution in [0.5, 0.6) is 0 Å². The fourth-order valence-corrected chi connectivity index (χ4v) is 7.67. The van der Waals surface area contributed by atoms with E-state index >= 15 is 8.78 Å². The summed E-state index contributed by atoms with van der Waals surface area (Å²) in [6.07, 6.45) is 2.04. The summed E-state index contributed by atoms with van der Waals surface area (Å²) in [5.74, 6) is -2.98. The number of hydrogen-bond donors (Lipinski definition) is 0. The molecule has 6 rings (SSSR count). The summed E-state index contributed by atoms with van der Waals surface area (Å²) in [5.41, 5.74) is 5.62. The van der Waals surface area contributed by atoms with Crippen LogP contribution >= 0.6 is 0 Å². The number of pyridine rings is 1. The topological polar surface area (TPSA) is 17.0 Å². The van der Waals surface area contributed by atoms with Gasteiger partial charge in [-0.05, 0) is 60.1 Å². The van der Waals surface area contributed by atoms with E-state index in [9.17, 15) is 0 Å². The number of aromatic nitrogens is 1. The van der Waals surface area contributed by atoms with Gasteiger partial charge in [0.15, 0.2) is 6.20 Å². The average molecular weight is 581 g/mol. The van der Waals surface area contributed by atoms with Gasteiger partial charge in [-0.25, -0.2) is 13.3 Å². The van der Waals surface area contributed by atoms with Crippen molar-refractivity contribution in [2.45, 2.75) is 91.4 Å². The molecule has 43 heavy (non-hydrogen) atoms. The van der Waals surface area contributed by atoms with Crippen molar-refractivity contribution in [3.63, 3.8) is 0 Å². The van der Waals surface area contributed by atoms with Gasteiger partial charge in [0, 0.05) is 39.3 Å². The summed E-state index contributed by atoms with van der Waals surface area (Å²) in [5, 5.41) is 2.01. The zero-order valence-corrected chi connectivity index (χ0v) is 27.5. The highest BCUT2D eigenvalue weighted by Gasteiger charge is 2.68. The molecule has 224 valence electrons. The van der Waals surface area contributed by atoms with Crippen LogP contribution in [0.2, 0.25) is 0 Å². The molecule has 2 heterocycles. The third kappa shape index (κ3) is 3.77. The number of para-hydroxylation sites is 1. The maximum Gasteiger partial charge on any atom is 0.262 e. The first-order valence-corrected chi connectivity index (χ1v) is 15.3. The molecule has 2 nitrogen and oxygen atoms in total. The Morgan fingerprint density at radius 1 is 0.698 bits per heavy atom. The SMILES string of the molecule is Cc1ccc2c(oc3c(-c4ccc(C(C)(C)C)c5c4C(C)(C)C(F)(F)C(C)(C)C5(C)C)cccc32)c1-c1cccc[n+]1C. The minimum Gasteiger partial charge on any atom is -0.454 e. The first-order valence-electron chi connectivity index (χ1n) is 15.3. The largest absolute Gasteiger partial charge is 0.454 e. The summed E-state index contributed by atoms with van der Waals surface area (Å²) in [7, 11) is 2.04. The minimum atomic E-state index is -2.98. The van der Waals surface area contributed by atoms with E-state index in [0.29, 0.717) is 0 Å². The van der Waals surface area contributed by atoms with Gasteiger partial charge >= 0.3 is 0 Å². The van der Waals surface area contributed by atoms with Crippen molar-refractivity contribution in [3.05, 3.63) is 89.1 Å². The predicted molar refractivity (Wildman–Crippen MR) is 174 cm³/mol. The Morgan fingerprint density at radius 3 is 2.02 bits per heavy atom. The molecule has 0 aliphatic heterocycles. The standard InChI is InChI=1S/C39H44F2NO/c1-23-18-19-27-26-16-14-15-25(33(26)43-34(27)30(23)29-17-12-13-22-42(29)11)24-20-21-28(35(2,3)4)32-31(24)37(7,8)39(40,41)38(9,10)36(32,5)6/h12-22H,1-11H3/q+1. The number of fused-ring (bicyclic) bond motifs is 4. The summed E-state index contributed by atoms with van der Waals surface area (Å²) in [6, 6.07) is 20.8. The van der Waals surface area contributed by atoms with Crippen LogP contribution in [0.4, 0.5) is 8.78 Å². The maximum absolute atomic E-state index is 16.8. The molecule has 1 aliphatic carbocycles. The normalized spacial score (nSPS) is 18.6. The van der Waals surface area contributed by atoms with Crippen LogP contribution in [0.15, 0.2) is 71.3 Å². The Morgan fingerprint density at radius 2 is 1.37 bits per heavy atom. The molecule has 2 aromatic heterocycles.